The van der Waals surface area contributed by atoms with Crippen molar-refractivity contribution in [3.05, 3.63) is 0 Å². The van der Waals surface area contributed by atoms with Gasteiger partial charge in [-0.15, -0.1) is 0 Å². The molecule has 7 heteroatoms. The molecule has 0 aromatic heterocycles. The summed E-state index contributed by atoms with van der Waals surface area (Å²) in [6.45, 7) is 9.79. The van der Waals surface area contributed by atoms with E-state index in [9.17, 15) is 8.42 Å². The minimum absolute atomic E-state index is 0.279. The van der Waals surface area contributed by atoms with E-state index in [4.69, 9.17) is 4.74 Å². The third-order valence-corrected chi connectivity index (χ3v) is 5.97. The van der Waals surface area contributed by atoms with Gasteiger partial charge in [0.05, 0.1) is 6.26 Å². The van der Waals surface area contributed by atoms with Crippen molar-refractivity contribution in [3.63, 3.8) is 0 Å². The highest BCUT2D eigenvalue weighted by Gasteiger charge is 2.35. The van der Waals surface area contributed by atoms with Crippen LogP contribution in [0.25, 0.3) is 0 Å². The van der Waals surface area contributed by atoms with Crippen molar-refractivity contribution >= 4 is 10.0 Å². The molecule has 2 aliphatic rings. The molecule has 0 aromatic carbocycles. The van der Waals surface area contributed by atoms with Crippen molar-refractivity contribution < 1.29 is 13.2 Å². The van der Waals surface area contributed by atoms with Gasteiger partial charge in [-0.2, -0.15) is 4.31 Å². The van der Waals surface area contributed by atoms with E-state index in [0.717, 1.165) is 58.8 Å². The van der Waals surface area contributed by atoms with Gasteiger partial charge in [-0.25, -0.2) is 8.42 Å². The van der Waals surface area contributed by atoms with Gasteiger partial charge in [-0.1, -0.05) is 6.92 Å². The highest BCUT2D eigenvalue weighted by molar-refractivity contribution is 7.88. The second-order valence-electron chi connectivity index (χ2n) is 6.33. The van der Waals surface area contributed by atoms with E-state index in [0.29, 0.717) is 13.1 Å². The number of sulfonamides is 1. The van der Waals surface area contributed by atoms with Gasteiger partial charge in [0, 0.05) is 52.5 Å². The standard InChI is InChI=1S/C14H29N3O3S/c1-3-15-12-14(4-10-20-11-5-14)13-16-6-8-17(9-7-16)21(2,18)19/h15H,3-13H2,1-2H3. The lowest BCUT2D eigenvalue weighted by molar-refractivity contribution is -0.00846. The molecule has 0 aliphatic carbocycles. The highest BCUT2D eigenvalue weighted by Crippen LogP contribution is 2.31. The number of hydrogen-bond donors (Lipinski definition) is 1. The molecule has 2 aliphatic heterocycles. The van der Waals surface area contributed by atoms with Gasteiger partial charge in [-0.05, 0) is 24.8 Å². The molecule has 0 atom stereocenters. The fourth-order valence-electron chi connectivity index (χ4n) is 3.28. The fourth-order valence-corrected chi connectivity index (χ4v) is 4.11. The van der Waals surface area contributed by atoms with Gasteiger partial charge >= 0.3 is 0 Å². The van der Waals surface area contributed by atoms with E-state index in [1.54, 1.807) is 4.31 Å². The van der Waals surface area contributed by atoms with Gasteiger partial charge in [0.25, 0.3) is 0 Å². The lowest BCUT2D eigenvalue weighted by Gasteiger charge is -2.43. The van der Waals surface area contributed by atoms with Crippen molar-refractivity contribution in [2.24, 2.45) is 5.41 Å². The normalized spacial score (nSPS) is 25.0. The van der Waals surface area contributed by atoms with E-state index < -0.39 is 10.0 Å². The Bertz CT molecular complexity index is 413. The first-order chi connectivity index (χ1) is 9.95. The summed E-state index contributed by atoms with van der Waals surface area (Å²) in [5, 5.41) is 3.49. The minimum Gasteiger partial charge on any atom is -0.381 e. The summed E-state index contributed by atoms with van der Waals surface area (Å²) in [6, 6.07) is 0. The largest absolute Gasteiger partial charge is 0.381 e. The van der Waals surface area contributed by atoms with Crippen molar-refractivity contribution in [2.45, 2.75) is 19.8 Å². The van der Waals surface area contributed by atoms with Gasteiger partial charge in [0.1, 0.15) is 0 Å². The number of rotatable bonds is 6. The van der Waals surface area contributed by atoms with Crippen LogP contribution < -0.4 is 5.32 Å². The fraction of sp³-hybridized carbons (Fsp3) is 1.00. The Labute approximate surface area is 128 Å². The van der Waals surface area contributed by atoms with E-state index >= 15 is 0 Å². The van der Waals surface area contributed by atoms with Crippen LogP contribution in [0.15, 0.2) is 0 Å². The predicted molar refractivity (Wildman–Crippen MR) is 83.9 cm³/mol. The quantitative estimate of drug-likeness (QED) is 0.745. The molecule has 0 unspecified atom stereocenters. The molecule has 6 nitrogen and oxygen atoms in total. The number of hydrogen-bond acceptors (Lipinski definition) is 5. The van der Waals surface area contributed by atoms with Crippen LogP contribution in [0.4, 0.5) is 0 Å². The molecule has 0 spiro atoms. The molecule has 21 heavy (non-hydrogen) atoms. The number of ether oxygens (including phenoxy) is 1. The summed E-state index contributed by atoms with van der Waals surface area (Å²) in [4.78, 5) is 2.42. The number of nitrogens with zero attached hydrogens (tertiary/aromatic N) is 2. The van der Waals surface area contributed by atoms with E-state index in [1.165, 1.54) is 6.26 Å². The van der Waals surface area contributed by atoms with Crippen LogP contribution in [0, 0.1) is 5.41 Å². The molecule has 1 N–H and O–H groups in total. The first-order valence-electron chi connectivity index (χ1n) is 7.91. The Morgan fingerprint density at radius 3 is 2.29 bits per heavy atom. The molecule has 2 saturated heterocycles. The first kappa shape index (κ1) is 17.1. The second-order valence-corrected chi connectivity index (χ2v) is 8.31. The van der Waals surface area contributed by atoms with Crippen molar-refractivity contribution in [1.29, 1.82) is 0 Å². The van der Waals surface area contributed by atoms with Crippen LogP contribution in [-0.2, 0) is 14.8 Å². The Balaban J connectivity index is 1.89. The summed E-state index contributed by atoms with van der Waals surface area (Å²) in [7, 11) is -3.04. The van der Waals surface area contributed by atoms with E-state index in [1.807, 2.05) is 0 Å². The SMILES string of the molecule is CCNCC1(CN2CCN(S(C)(=O)=O)CC2)CCOCC1. The molecule has 0 aromatic rings. The van der Waals surface area contributed by atoms with Crippen LogP contribution in [0.2, 0.25) is 0 Å². The number of nitrogens with one attached hydrogen (secondary N) is 1. The lowest BCUT2D eigenvalue weighted by atomic mass is 9.79. The van der Waals surface area contributed by atoms with Crippen LogP contribution in [0.5, 0.6) is 0 Å². The third kappa shape index (κ3) is 4.89. The Morgan fingerprint density at radius 2 is 1.76 bits per heavy atom. The summed E-state index contributed by atoms with van der Waals surface area (Å²) in [5.41, 5.74) is 0.279. The minimum atomic E-state index is -3.04. The van der Waals surface area contributed by atoms with Crippen molar-refractivity contribution in [2.75, 3.05) is 65.3 Å². The van der Waals surface area contributed by atoms with Crippen LogP contribution in [0.1, 0.15) is 19.8 Å². The lowest BCUT2D eigenvalue weighted by Crippen LogP contribution is -2.54. The van der Waals surface area contributed by atoms with E-state index in [2.05, 4.69) is 17.1 Å². The van der Waals surface area contributed by atoms with Gasteiger partial charge in [-0.3, -0.25) is 0 Å². The topological polar surface area (TPSA) is 61.9 Å². The third-order valence-electron chi connectivity index (χ3n) is 4.66. The highest BCUT2D eigenvalue weighted by atomic mass is 32.2. The molecule has 0 amide bonds. The smallest absolute Gasteiger partial charge is 0.211 e. The second kappa shape index (κ2) is 7.37. The summed E-state index contributed by atoms with van der Waals surface area (Å²) in [5.74, 6) is 0. The average molecular weight is 319 g/mol. The van der Waals surface area contributed by atoms with E-state index in [-0.39, 0.29) is 5.41 Å². The zero-order valence-corrected chi connectivity index (χ0v) is 14.1. The average Bonchev–Trinajstić information content (AvgIpc) is 2.46. The summed E-state index contributed by atoms with van der Waals surface area (Å²) < 4.78 is 30.2. The molecular formula is C14H29N3O3S. The van der Waals surface area contributed by atoms with Crippen molar-refractivity contribution in [1.82, 2.24) is 14.5 Å². The van der Waals surface area contributed by atoms with Gasteiger partial charge in [0.15, 0.2) is 0 Å². The van der Waals surface area contributed by atoms with Gasteiger partial charge < -0.3 is 15.0 Å². The zero-order chi connectivity index (χ0) is 15.3. The van der Waals surface area contributed by atoms with Crippen molar-refractivity contribution in [3.8, 4) is 0 Å². The van der Waals surface area contributed by atoms with Crippen LogP contribution in [0.3, 0.4) is 0 Å². The Kier molecular flexibility index (Phi) is 6.02. The molecular weight excluding hydrogens is 290 g/mol. The summed E-state index contributed by atoms with van der Waals surface area (Å²) >= 11 is 0. The maximum absolute atomic E-state index is 11.6. The van der Waals surface area contributed by atoms with Gasteiger partial charge in [0.2, 0.25) is 10.0 Å². The predicted octanol–water partition coefficient (Wildman–Crippen LogP) is -0.0301. The zero-order valence-electron chi connectivity index (χ0n) is 13.3. The van der Waals surface area contributed by atoms with Crippen LogP contribution in [-0.4, -0.2) is 82.9 Å². The summed E-state index contributed by atoms with van der Waals surface area (Å²) in [6.07, 6.45) is 3.48. The Hall–Kier alpha value is -0.210. The molecule has 2 rings (SSSR count). The molecule has 0 radical (unpaired) electrons. The molecule has 2 heterocycles. The molecule has 124 valence electrons. The monoisotopic (exact) mass is 319 g/mol. The first-order valence-corrected chi connectivity index (χ1v) is 9.76. The molecule has 0 saturated carbocycles. The maximum atomic E-state index is 11.6. The maximum Gasteiger partial charge on any atom is 0.211 e. The molecule has 2 fully saturated rings. The molecule has 0 bridgehead atoms. The van der Waals surface area contributed by atoms with Crippen LogP contribution >= 0.6 is 0 Å². The Morgan fingerprint density at radius 1 is 1.14 bits per heavy atom. The number of piperazine rings is 1.